The van der Waals surface area contributed by atoms with Crippen molar-refractivity contribution in [3.05, 3.63) is 113 Å². The van der Waals surface area contributed by atoms with E-state index in [-0.39, 0.29) is 59.6 Å². The summed E-state index contributed by atoms with van der Waals surface area (Å²) in [5, 5.41) is 52.1. The van der Waals surface area contributed by atoms with Crippen LogP contribution in [0.1, 0.15) is 55.0 Å². The number of piperidine rings is 1. The number of aryl methyl sites for hydroxylation is 1. The summed E-state index contributed by atoms with van der Waals surface area (Å²) in [7, 11) is 2.15. The summed E-state index contributed by atoms with van der Waals surface area (Å²) >= 11 is 6.83. The first-order valence-electron chi connectivity index (χ1n) is 27.6. The topological polar surface area (TPSA) is 207 Å². The molecule has 0 bridgehead atoms. The third-order valence-corrected chi connectivity index (χ3v) is 17.3. The van der Waals surface area contributed by atoms with E-state index >= 15 is 0 Å². The zero-order valence-corrected chi connectivity index (χ0v) is 45.7. The Bertz CT molecular complexity index is 3270. The van der Waals surface area contributed by atoms with Gasteiger partial charge >= 0.3 is 12.0 Å². The summed E-state index contributed by atoms with van der Waals surface area (Å²) in [4.78, 5) is 52.7. The summed E-state index contributed by atoms with van der Waals surface area (Å²) < 4.78 is 8.10. The van der Waals surface area contributed by atoms with E-state index in [0.717, 1.165) is 97.6 Å². The molecule has 11 rings (SSSR count). The zero-order valence-electron chi connectivity index (χ0n) is 44.9. The van der Waals surface area contributed by atoms with Gasteiger partial charge in [0.25, 0.3) is 0 Å². The van der Waals surface area contributed by atoms with E-state index in [1.165, 1.54) is 16.7 Å². The second-order valence-corrected chi connectivity index (χ2v) is 22.0. The van der Waals surface area contributed by atoms with E-state index < -0.39 is 0 Å². The Morgan fingerprint density at radius 2 is 1.65 bits per heavy atom. The molecule has 79 heavy (non-hydrogen) atoms. The predicted octanol–water partition coefficient (Wildman–Crippen LogP) is 6.40. The normalized spacial score (nSPS) is 20.6. The van der Waals surface area contributed by atoms with Gasteiger partial charge in [-0.15, -0.1) is 5.10 Å². The van der Waals surface area contributed by atoms with Gasteiger partial charge < -0.3 is 39.7 Å². The summed E-state index contributed by atoms with van der Waals surface area (Å²) in [5.74, 6) is 0.987. The Kier molecular flexibility index (Phi) is 15.6. The van der Waals surface area contributed by atoms with Crippen LogP contribution in [-0.4, -0.2) is 180 Å². The molecule has 0 unspecified atom stereocenters. The highest BCUT2D eigenvalue weighted by atomic mass is 35.5. The molecule has 4 fully saturated rings. The number of halogens is 1. The Morgan fingerprint density at radius 1 is 0.873 bits per heavy atom. The quantitative estimate of drug-likeness (QED) is 0.101. The average molecular weight is 1090 g/mol. The number of piperazine rings is 2. The lowest BCUT2D eigenvalue weighted by Crippen LogP contribution is -2.55. The lowest BCUT2D eigenvalue weighted by Gasteiger charge is -2.42. The molecule has 6 aromatic rings. The number of likely N-dealkylation sites (tertiary alicyclic amines) is 2. The fraction of sp³-hybridized carbons (Fsp3) is 0.441. The first kappa shape index (κ1) is 53.5. The first-order chi connectivity index (χ1) is 38.4. The van der Waals surface area contributed by atoms with Gasteiger partial charge in [-0.05, 0) is 105 Å². The largest absolute Gasteiger partial charge is 0.508 e. The number of aromatic hydroxyl groups is 3. The Balaban J connectivity index is 0.687. The number of hydrogen-bond donors (Lipinski definition) is 3. The number of nitrogens with zero attached hydrogens (tertiary/aromatic N) is 13. The van der Waals surface area contributed by atoms with Crippen LogP contribution in [0.25, 0.3) is 27.8 Å². The van der Waals surface area contributed by atoms with E-state index in [0.29, 0.717) is 99.2 Å². The number of likely N-dealkylation sites (N-methyl/N-ethyl adjacent to an activating group) is 1. The molecule has 0 saturated carbocycles. The number of nitriles is 1. The molecule has 4 saturated heterocycles. The van der Waals surface area contributed by atoms with Gasteiger partial charge in [0.1, 0.15) is 23.9 Å². The molecular weight excluding hydrogens is 1020 g/mol. The number of amides is 2. The minimum atomic E-state index is -0.312. The maximum atomic E-state index is 14.0. The molecule has 3 N–H and O–H groups in total. The van der Waals surface area contributed by atoms with Crippen molar-refractivity contribution in [1.29, 1.82) is 5.26 Å². The molecule has 20 heteroatoms. The summed E-state index contributed by atoms with van der Waals surface area (Å²) in [6.45, 7) is 15.0. The van der Waals surface area contributed by atoms with Crippen molar-refractivity contribution in [3.8, 4) is 46.7 Å². The monoisotopic (exact) mass is 1090 g/mol. The van der Waals surface area contributed by atoms with Crippen LogP contribution in [0.4, 0.5) is 11.5 Å². The number of carbonyl (C=O) groups is 2. The van der Waals surface area contributed by atoms with Gasteiger partial charge in [-0.2, -0.15) is 15.2 Å². The van der Waals surface area contributed by atoms with Crippen LogP contribution in [0.15, 0.2) is 85.5 Å². The highest BCUT2D eigenvalue weighted by Gasteiger charge is 2.39. The Labute approximate surface area is 465 Å². The van der Waals surface area contributed by atoms with E-state index in [2.05, 4.69) is 83.6 Å². The average Bonchev–Trinajstić information content (AvgIpc) is 4.10. The van der Waals surface area contributed by atoms with Crippen molar-refractivity contribution in [3.63, 3.8) is 0 Å². The number of carbonyl (C=O) groups excluding carboxylic acids is 2. The summed E-state index contributed by atoms with van der Waals surface area (Å²) in [5.41, 5.74) is 5.72. The Hall–Kier alpha value is -7.50. The van der Waals surface area contributed by atoms with Crippen LogP contribution in [0.5, 0.6) is 23.5 Å². The number of phenolic OH excluding ortho intramolecular Hbond substituents is 2. The van der Waals surface area contributed by atoms with Crippen LogP contribution < -0.4 is 14.5 Å². The van der Waals surface area contributed by atoms with Crippen molar-refractivity contribution in [1.82, 2.24) is 49.2 Å². The Morgan fingerprint density at radius 3 is 2.39 bits per heavy atom. The molecule has 4 aromatic carbocycles. The van der Waals surface area contributed by atoms with Crippen LogP contribution in [-0.2, 0) is 35.5 Å². The maximum Gasteiger partial charge on any atom is 0.319 e. The van der Waals surface area contributed by atoms with Crippen molar-refractivity contribution >= 4 is 45.7 Å². The molecule has 19 nitrogen and oxygen atoms in total. The molecule has 0 radical (unpaired) electrons. The number of ether oxygens (including phenoxy) is 1. The second-order valence-electron chi connectivity index (χ2n) is 21.6. The molecule has 5 aliphatic rings. The summed E-state index contributed by atoms with van der Waals surface area (Å²) in [6.07, 6.45) is 5.37. The third-order valence-electron chi connectivity index (χ3n) is 17.0. The van der Waals surface area contributed by atoms with E-state index in [4.69, 9.17) is 26.3 Å². The summed E-state index contributed by atoms with van der Waals surface area (Å²) in [6, 6.07) is 25.4. The molecule has 0 aliphatic carbocycles. The SMILES string of the molecule is C=CC(=O)N1CCN(c2nc(OC[C@@H]3C[C@H](N4CCC(C(=O)N5CCN(Cc6ccc(-n7c(O)nnc7-c7cc(CC)c(O)cc7O)cc6)CC5)CC4)CN3C)nc3c2CCN(c2cccc4cccc(Cl)c24)C3)C[C@@H]1CC#N. The van der Waals surface area contributed by atoms with Crippen LogP contribution in [0.2, 0.25) is 5.02 Å². The number of benzene rings is 4. The zero-order chi connectivity index (χ0) is 54.9. The first-order valence-corrected chi connectivity index (χ1v) is 28.0. The molecular formula is C59H68ClN13O6. The van der Waals surface area contributed by atoms with Gasteiger partial charge in [0.05, 0.1) is 47.0 Å². The maximum absolute atomic E-state index is 14.0. The van der Waals surface area contributed by atoms with Crippen LogP contribution in [0, 0.1) is 17.2 Å². The van der Waals surface area contributed by atoms with Crippen molar-refractivity contribution in [2.45, 2.75) is 76.7 Å². The van der Waals surface area contributed by atoms with Crippen molar-refractivity contribution < 1.29 is 29.6 Å². The van der Waals surface area contributed by atoms with Gasteiger partial charge in [-0.3, -0.25) is 24.3 Å². The van der Waals surface area contributed by atoms with Crippen LogP contribution >= 0.6 is 11.6 Å². The van der Waals surface area contributed by atoms with Gasteiger partial charge in [-0.1, -0.05) is 66.6 Å². The van der Waals surface area contributed by atoms with E-state index in [1.54, 1.807) is 11.0 Å². The third kappa shape index (κ3) is 11.0. The van der Waals surface area contributed by atoms with Gasteiger partial charge in [0.15, 0.2) is 5.82 Å². The minimum absolute atomic E-state index is 0.00428. The number of anilines is 2. The van der Waals surface area contributed by atoms with E-state index in [9.17, 15) is 30.2 Å². The molecule has 2 amide bonds. The lowest BCUT2D eigenvalue weighted by atomic mass is 9.93. The van der Waals surface area contributed by atoms with Gasteiger partial charge in [0, 0.05) is 106 Å². The van der Waals surface area contributed by atoms with Crippen LogP contribution in [0.3, 0.4) is 0 Å². The number of rotatable bonds is 14. The molecule has 2 aromatic heterocycles. The van der Waals surface area contributed by atoms with Gasteiger partial charge in [0.2, 0.25) is 11.8 Å². The standard InChI is InChI=1S/C59H68ClN13O6/c1-4-39-30-47(52(75)32-51(39)74)56-64-65-59(78)73(56)42-14-12-38(13-15-42)33-67-24-26-69(27-25-67)57(77)41-17-21-68(22-18-41)44-31-45(66(3)34-44)37-79-58-62-49-36-70(50-11-7-9-40-8-6-10-48(60)54(40)50)23-19-46(49)55(63-58)71-28-29-72(53(76)5-2)43(35-71)16-20-61/h5-15,30,32,41,43-45,74-75H,2,4,16-19,21-29,31,33-37H2,1,3H3,(H,65,78)/t43-,44-,45-/m0/s1. The minimum Gasteiger partial charge on any atom is -0.508 e. The second kappa shape index (κ2) is 23.1. The fourth-order valence-corrected chi connectivity index (χ4v) is 12.8. The highest BCUT2D eigenvalue weighted by molar-refractivity contribution is 6.36. The molecule has 7 heterocycles. The molecule has 3 atom stereocenters. The van der Waals surface area contributed by atoms with Gasteiger partial charge in [-0.25, -0.2) is 4.57 Å². The number of phenols is 2. The molecule has 0 spiro atoms. The van der Waals surface area contributed by atoms with Crippen molar-refractivity contribution in [2.24, 2.45) is 5.92 Å². The number of fused-ring (bicyclic) bond motifs is 2. The number of aromatic nitrogens is 5. The molecule has 5 aliphatic heterocycles. The van der Waals surface area contributed by atoms with E-state index in [1.807, 2.05) is 43.3 Å². The predicted molar refractivity (Wildman–Crippen MR) is 302 cm³/mol. The highest BCUT2D eigenvalue weighted by Crippen LogP contribution is 2.39. The van der Waals surface area contributed by atoms with Crippen molar-refractivity contribution in [2.75, 3.05) is 95.4 Å². The lowest BCUT2D eigenvalue weighted by molar-refractivity contribution is -0.139. The smallest absolute Gasteiger partial charge is 0.319 e. The fourth-order valence-electron chi connectivity index (χ4n) is 12.6. The number of hydrogen-bond acceptors (Lipinski definition) is 16. The molecule has 412 valence electrons.